The third-order valence-electron chi connectivity index (χ3n) is 2.98. The molecule has 1 aliphatic heterocycles. The minimum Gasteiger partial charge on any atom is -0.501 e. The Labute approximate surface area is 92.1 Å². The van der Waals surface area contributed by atoms with Crippen molar-refractivity contribution in [1.29, 1.82) is 0 Å². The minimum absolute atomic E-state index is 0.0161. The number of amides is 1. The number of hydrogen-bond donors (Lipinski definition) is 1. The third kappa shape index (κ3) is 1.30. The van der Waals surface area contributed by atoms with Gasteiger partial charge in [-0.15, -0.1) is 0 Å². The lowest BCUT2D eigenvalue weighted by Gasteiger charge is -2.33. The van der Waals surface area contributed by atoms with Crippen LogP contribution in [0.4, 0.5) is 0 Å². The maximum Gasteiger partial charge on any atom is 0.315 e. The molecule has 1 atom stereocenters. The van der Waals surface area contributed by atoms with E-state index in [2.05, 4.69) is 4.98 Å². The first kappa shape index (κ1) is 10.7. The average molecular weight is 223 g/mol. The largest absolute Gasteiger partial charge is 0.501 e. The van der Waals surface area contributed by atoms with Gasteiger partial charge < -0.3 is 14.6 Å². The highest BCUT2D eigenvalue weighted by Gasteiger charge is 2.31. The molecular formula is C10H13N3O3. The zero-order chi connectivity index (χ0) is 12.0. The van der Waals surface area contributed by atoms with Crippen LogP contribution < -0.4 is 5.56 Å². The molecule has 16 heavy (non-hydrogen) atoms. The number of likely N-dealkylation sites (N-methyl/N-ethyl adjacent to an activating group) is 1. The first-order chi connectivity index (χ1) is 7.43. The summed E-state index contributed by atoms with van der Waals surface area (Å²) in [6.45, 7) is 4.08. The summed E-state index contributed by atoms with van der Waals surface area (Å²) in [5.74, 6) is -0.459. The maximum atomic E-state index is 11.9. The van der Waals surface area contributed by atoms with E-state index in [1.165, 1.54) is 4.90 Å². The number of aromatic nitrogens is 2. The van der Waals surface area contributed by atoms with Crippen LogP contribution in [0.2, 0.25) is 0 Å². The first-order valence-electron chi connectivity index (χ1n) is 5.01. The molecule has 2 rings (SSSR count). The molecule has 0 aliphatic carbocycles. The van der Waals surface area contributed by atoms with Crippen LogP contribution in [-0.4, -0.2) is 38.6 Å². The lowest BCUT2D eigenvalue weighted by atomic mass is 10.1. The molecule has 0 bridgehead atoms. The van der Waals surface area contributed by atoms with Crippen LogP contribution in [0.3, 0.4) is 0 Å². The monoisotopic (exact) mass is 223 g/mol. The Kier molecular flexibility index (Phi) is 2.22. The lowest BCUT2D eigenvalue weighted by Crippen LogP contribution is -2.46. The van der Waals surface area contributed by atoms with Gasteiger partial charge in [0.1, 0.15) is 5.82 Å². The van der Waals surface area contributed by atoms with Gasteiger partial charge in [0.15, 0.2) is 5.69 Å². The molecule has 1 aliphatic rings. The van der Waals surface area contributed by atoms with E-state index < -0.39 is 11.3 Å². The molecule has 0 saturated carbocycles. The zero-order valence-corrected chi connectivity index (χ0v) is 9.39. The van der Waals surface area contributed by atoms with E-state index in [4.69, 9.17) is 0 Å². The predicted molar refractivity (Wildman–Crippen MR) is 56.5 cm³/mol. The first-order valence-corrected chi connectivity index (χ1v) is 5.01. The standard InChI is InChI=1S/C10H13N3O3/c1-5-4-13-6(2)11-9(15)8(14)7(13)10(16)12(5)3/h5,14H,4H2,1-3H3. The van der Waals surface area contributed by atoms with Crippen molar-refractivity contribution >= 4 is 5.91 Å². The molecule has 2 heterocycles. The van der Waals surface area contributed by atoms with Gasteiger partial charge >= 0.3 is 5.56 Å². The zero-order valence-electron chi connectivity index (χ0n) is 9.39. The van der Waals surface area contributed by atoms with Crippen LogP contribution in [0.1, 0.15) is 23.2 Å². The van der Waals surface area contributed by atoms with E-state index in [1.807, 2.05) is 6.92 Å². The SMILES string of the molecule is Cc1nc(=O)c(O)c2n1CC(C)N(C)C2=O. The predicted octanol–water partition coefficient (Wildman–Crippen LogP) is -0.269. The summed E-state index contributed by atoms with van der Waals surface area (Å²) in [5, 5.41) is 9.60. The fraction of sp³-hybridized carbons (Fsp3) is 0.500. The Morgan fingerprint density at radius 2 is 2.06 bits per heavy atom. The normalized spacial score (nSPS) is 19.8. The smallest absolute Gasteiger partial charge is 0.315 e. The Balaban J connectivity index is 2.75. The van der Waals surface area contributed by atoms with Gasteiger partial charge in [0, 0.05) is 19.6 Å². The van der Waals surface area contributed by atoms with Crippen molar-refractivity contribution in [3.05, 3.63) is 21.9 Å². The Morgan fingerprint density at radius 1 is 1.44 bits per heavy atom. The average Bonchev–Trinajstić information content (AvgIpc) is 2.22. The van der Waals surface area contributed by atoms with E-state index in [9.17, 15) is 14.7 Å². The van der Waals surface area contributed by atoms with Crippen molar-refractivity contribution < 1.29 is 9.90 Å². The molecule has 6 heteroatoms. The highest BCUT2D eigenvalue weighted by molar-refractivity contribution is 5.95. The molecule has 0 radical (unpaired) electrons. The Bertz CT molecular complexity index is 521. The van der Waals surface area contributed by atoms with Crippen LogP contribution in [0.15, 0.2) is 4.79 Å². The summed E-state index contributed by atoms with van der Waals surface area (Å²) in [5.41, 5.74) is -0.710. The van der Waals surface area contributed by atoms with Gasteiger partial charge in [-0.1, -0.05) is 0 Å². The van der Waals surface area contributed by atoms with Crippen molar-refractivity contribution in [3.8, 4) is 5.75 Å². The summed E-state index contributed by atoms with van der Waals surface area (Å²) in [6.07, 6.45) is 0. The van der Waals surface area contributed by atoms with Gasteiger partial charge in [-0.3, -0.25) is 9.59 Å². The van der Waals surface area contributed by atoms with Gasteiger partial charge in [-0.05, 0) is 13.8 Å². The molecule has 1 aromatic rings. The minimum atomic E-state index is -0.750. The van der Waals surface area contributed by atoms with Crippen LogP contribution in [-0.2, 0) is 6.54 Å². The number of aryl methyl sites for hydroxylation is 1. The van der Waals surface area contributed by atoms with Crippen molar-refractivity contribution in [2.45, 2.75) is 26.4 Å². The molecule has 86 valence electrons. The second kappa shape index (κ2) is 3.33. The number of carbonyl (C=O) groups is 1. The number of hydrogen-bond acceptors (Lipinski definition) is 4. The van der Waals surface area contributed by atoms with Crippen LogP contribution in [0.5, 0.6) is 5.75 Å². The number of fused-ring (bicyclic) bond motifs is 1. The molecule has 0 aromatic carbocycles. The third-order valence-corrected chi connectivity index (χ3v) is 2.98. The molecule has 0 saturated heterocycles. The molecule has 1 aromatic heterocycles. The van der Waals surface area contributed by atoms with Gasteiger partial charge in [-0.25, -0.2) is 0 Å². The summed E-state index contributed by atoms with van der Waals surface area (Å²) in [7, 11) is 1.65. The summed E-state index contributed by atoms with van der Waals surface area (Å²) in [6, 6.07) is 0.0161. The molecule has 1 N–H and O–H groups in total. The molecule has 0 fully saturated rings. The summed E-state index contributed by atoms with van der Waals surface area (Å²) >= 11 is 0. The molecule has 1 amide bonds. The molecule has 6 nitrogen and oxygen atoms in total. The van der Waals surface area contributed by atoms with Gasteiger partial charge in [-0.2, -0.15) is 4.98 Å². The second-order valence-electron chi connectivity index (χ2n) is 4.04. The summed E-state index contributed by atoms with van der Waals surface area (Å²) < 4.78 is 1.59. The number of nitrogens with zero attached hydrogens (tertiary/aromatic N) is 3. The Hall–Kier alpha value is -1.85. The quantitative estimate of drug-likeness (QED) is 0.657. The van der Waals surface area contributed by atoms with E-state index in [0.29, 0.717) is 12.4 Å². The highest BCUT2D eigenvalue weighted by Crippen LogP contribution is 2.21. The van der Waals surface area contributed by atoms with E-state index in [0.717, 1.165) is 0 Å². The number of carbonyl (C=O) groups excluding carboxylic acids is 1. The van der Waals surface area contributed by atoms with Crippen molar-refractivity contribution in [1.82, 2.24) is 14.5 Å². The topological polar surface area (TPSA) is 75.4 Å². The highest BCUT2D eigenvalue weighted by atomic mass is 16.3. The van der Waals surface area contributed by atoms with Crippen molar-refractivity contribution in [2.75, 3.05) is 7.05 Å². The number of rotatable bonds is 0. The maximum absolute atomic E-state index is 11.9. The fourth-order valence-corrected chi connectivity index (χ4v) is 1.85. The molecular weight excluding hydrogens is 210 g/mol. The molecule has 0 spiro atoms. The van der Waals surface area contributed by atoms with Gasteiger partial charge in [0.05, 0.1) is 0 Å². The van der Waals surface area contributed by atoms with Crippen LogP contribution in [0.25, 0.3) is 0 Å². The number of aromatic hydroxyl groups is 1. The lowest BCUT2D eigenvalue weighted by molar-refractivity contribution is 0.0662. The van der Waals surface area contributed by atoms with Crippen LogP contribution in [0, 0.1) is 6.92 Å². The van der Waals surface area contributed by atoms with Crippen molar-refractivity contribution in [2.24, 2.45) is 0 Å². The Morgan fingerprint density at radius 3 is 2.69 bits per heavy atom. The van der Waals surface area contributed by atoms with Crippen molar-refractivity contribution in [3.63, 3.8) is 0 Å². The van der Waals surface area contributed by atoms with E-state index >= 15 is 0 Å². The second-order valence-corrected chi connectivity index (χ2v) is 4.04. The van der Waals surface area contributed by atoms with Gasteiger partial charge in [0.25, 0.3) is 5.91 Å². The van der Waals surface area contributed by atoms with E-state index in [-0.39, 0.29) is 17.6 Å². The van der Waals surface area contributed by atoms with E-state index in [1.54, 1.807) is 18.5 Å². The van der Waals surface area contributed by atoms with Crippen LogP contribution >= 0.6 is 0 Å². The fourth-order valence-electron chi connectivity index (χ4n) is 1.85. The van der Waals surface area contributed by atoms with Gasteiger partial charge in [0.2, 0.25) is 5.75 Å². The summed E-state index contributed by atoms with van der Waals surface area (Å²) in [4.78, 5) is 28.4. The molecule has 1 unspecified atom stereocenters.